The van der Waals surface area contributed by atoms with Gasteiger partial charge in [0, 0.05) is 5.56 Å². The largest absolute Gasteiger partial charge is 0.465 e. The summed E-state index contributed by atoms with van der Waals surface area (Å²) in [6.45, 7) is -0.471. The number of nitrogens with zero attached hydrogens (tertiary/aromatic N) is 2. The molecule has 9 nitrogen and oxygen atoms in total. The fraction of sp³-hybridized carbons (Fsp3) is 0.370. The third-order valence-corrected chi connectivity index (χ3v) is 7.49. The number of hydrogen-bond acceptors (Lipinski definition) is 5. The lowest BCUT2D eigenvalue weighted by atomic mass is 9.86. The molecule has 1 saturated heterocycles. The molecule has 2 aliphatic rings. The van der Waals surface area contributed by atoms with Crippen molar-refractivity contribution >= 4 is 6.09 Å². The smallest absolute Gasteiger partial charge is 0.416 e. The Morgan fingerprint density at radius 1 is 1.07 bits per heavy atom. The highest BCUT2D eigenvalue weighted by Gasteiger charge is 2.46. The van der Waals surface area contributed by atoms with Crippen LogP contribution in [-0.4, -0.2) is 33.4 Å². The quantitative estimate of drug-likeness (QED) is 0.397. The highest BCUT2D eigenvalue weighted by molar-refractivity contribution is 5.65. The number of piperidine rings is 1. The zero-order valence-corrected chi connectivity index (χ0v) is 21.1. The van der Waals surface area contributed by atoms with Crippen molar-refractivity contribution in [1.29, 1.82) is 0 Å². The lowest BCUT2D eigenvalue weighted by Gasteiger charge is -2.33. The van der Waals surface area contributed by atoms with Gasteiger partial charge < -0.3 is 20.5 Å². The fourth-order valence-electron chi connectivity index (χ4n) is 5.57. The first-order valence-electron chi connectivity index (χ1n) is 12.6. The van der Waals surface area contributed by atoms with E-state index in [1.165, 1.54) is 0 Å². The number of carboxylic acid groups (broad SMARTS) is 1. The van der Waals surface area contributed by atoms with E-state index in [0.29, 0.717) is 31.5 Å². The number of carbonyl (C=O) groups is 1. The minimum Gasteiger partial charge on any atom is -0.465 e. The predicted octanol–water partition coefficient (Wildman–Crippen LogP) is 3.33. The van der Waals surface area contributed by atoms with E-state index in [2.05, 4.69) is 10.6 Å². The third-order valence-electron chi connectivity index (χ3n) is 7.49. The summed E-state index contributed by atoms with van der Waals surface area (Å²) in [4.78, 5) is 39.3. The molecule has 3 aromatic rings. The molecule has 212 valence electrons. The Bertz CT molecular complexity index is 1550. The molecule has 0 bridgehead atoms. The van der Waals surface area contributed by atoms with Crippen molar-refractivity contribution in [2.24, 2.45) is 0 Å². The first-order chi connectivity index (χ1) is 19.0. The zero-order valence-electron chi connectivity index (χ0n) is 21.1. The number of nitrogens with one attached hydrogen (secondary N) is 2. The standard InChI is InChI=1S/C27H26F4N4O5/c28-19-8-4-7-18(27(29,30)31)17(19)13-34-21-15-40-26(9-11-32-12-10-26)22(21)23(36)35(25(34)39)14-20(33-24(37)38)16-5-2-1-3-6-16/h1-8,20,32-33H,9-15H2,(H,37,38). The summed E-state index contributed by atoms with van der Waals surface area (Å²) in [6, 6.07) is 9.75. The van der Waals surface area contributed by atoms with Gasteiger partial charge in [-0.3, -0.25) is 13.9 Å². The van der Waals surface area contributed by atoms with Crippen LogP contribution in [0.3, 0.4) is 0 Å². The van der Waals surface area contributed by atoms with Gasteiger partial charge in [-0.15, -0.1) is 0 Å². The van der Waals surface area contributed by atoms with Crippen molar-refractivity contribution in [1.82, 2.24) is 19.8 Å². The number of alkyl halides is 3. The predicted molar refractivity (Wildman–Crippen MR) is 134 cm³/mol. The van der Waals surface area contributed by atoms with Crippen LogP contribution < -0.4 is 21.9 Å². The molecule has 1 fully saturated rings. The van der Waals surface area contributed by atoms with Gasteiger partial charge in [0.2, 0.25) is 0 Å². The minimum absolute atomic E-state index is 0.0898. The molecule has 3 heterocycles. The number of hydrogen-bond donors (Lipinski definition) is 3. The van der Waals surface area contributed by atoms with Gasteiger partial charge in [-0.25, -0.2) is 14.0 Å². The van der Waals surface area contributed by atoms with E-state index in [0.717, 1.165) is 27.3 Å². The highest BCUT2D eigenvalue weighted by Crippen LogP contribution is 2.41. The molecule has 1 atom stereocenters. The van der Waals surface area contributed by atoms with E-state index >= 15 is 0 Å². The molecule has 1 aromatic heterocycles. The van der Waals surface area contributed by atoms with Gasteiger partial charge in [0.1, 0.15) is 11.4 Å². The summed E-state index contributed by atoms with van der Waals surface area (Å²) >= 11 is 0. The molecule has 40 heavy (non-hydrogen) atoms. The van der Waals surface area contributed by atoms with Crippen molar-refractivity contribution in [3.05, 3.63) is 103 Å². The number of aromatic nitrogens is 2. The average Bonchev–Trinajstić information content (AvgIpc) is 3.27. The SMILES string of the molecule is O=C(O)NC(Cn1c(=O)c2c(n(Cc3c(F)cccc3C(F)(F)F)c1=O)COC21CCNCC1)c1ccccc1. The topological polar surface area (TPSA) is 115 Å². The van der Waals surface area contributed by atoms with Crippen LogP contribution in [0.15, 0.2) is 58.1 Å². The first kappa shape index (κ1) is 27.6. The van der Waals surface area contributed by atoms with Gasteiger partial charge in [-0.2, -0.15) is 13.2 Å². The van der Waals surface area contributed by atoms with Crippen LogP contribution in [-0.2, 0) is 36.2 Å². The normalized spacial score (nSPS) is 17.0. The summed E-state index contributed by atoms with van der Waals surface area (Å²) in [5, 5.41) is 14.9. The summed E-state index contributed by atoms with van der Waals surface area (Å²) in [5.41, 5.74) is -4.11. The second kappa shape index (κ2) is 10.5. The van der Waals surface area contributed by atoms with Crippen molar-refractivity contribution in [2.75, 3.05) is 13.1 Å². The van der Waals surface area contributed by atoms with E-state index in [1.54, 1.807) is 30.3 Å². The molecular formula is C27H26F4N4O5. The van der Waals surface area contributed by atoms with Gasteiger partial charge in [0.05, 0.1) is 42.6 Å². The molecule has 0 saturated carbocycles. The average molecular weight is 563 g/mol. The van der Waals surface area contributed by atoms with Gasteiger partial charge in [-0.1, -0.05) is 36.4 Å². The Balaban J connectivity index is 1.72. The summed E-state index contributed by atoms with van der Waals surface area (Å²) in [7, 11) is 0. The lowest BCUT2D eigenvalue weighted by molar-refractivity contribution is -0.138. The monoisotopic (exact) mass is 562 g/mol. The lowest BCUT2D eigenvalue weighted by Crippen LogP contribution is -2.49. The number of halogens is 4. The van der Waals surface area contributed by atoms with E-state index < -0.39 is 65.2 Å². The van der Waals surface area contributed by atoms with Crippen LogP contribution in [0.4, 0.5) is 22.4 Å². The van der Waals surface area contributed by atoms with Crippen LogP contribution in [0.5, 0.6) is 0 Å². The maximum absolute atomic E-state index is 14.9. The van der Waals surface area contributed by atoms with Gasteiger partial charge in [0.15, 0.2) is 0 Å². The Morgan fingerprint density at radius 3 is 2.42 bits per heavy atom. The molecule has 1 amide bonds. The maximum atomic E-state index is 14.9. The molecule has 1 unspecified atom stereocenters. The highest BCUT2D eigenvalue weighted by atomic mass is 19.4. The van der Waals surface area contributed by atoms with Crippen LogP contribution in [0.25, 0.3) is 0 Å². The van der Waals surface area contributed by atoms with Crippen LogP contribution in [0, 0.1) is 5.82 Å². The summed E-state index contributed by atoms with van der Waals surface area (Å²) in [5.74, 6) is -1.15. The Hall–Kier alpha value is -3.97. The van der Waals surface area contributed by atoms with Crippen LogP contribution >= 0.6 is 0 Å². The number of fused-ring (bicyclic) bond motifs is 2. The van der Waals surface area contributed by atoms with Crippen molar-refractivity contribution in [3.8, 4) is 0 Å². The second-order valence-corrected chi connectivity index (χ2v) is 9.82. The van der Waals surface area contributed by atoms with Crippen molar-refractivity contribution < 1.29 is 32.2 Å². The second-order valence-electron chi connectivity index (χ2n) is 9.82. The molecule has 0 aliphatic carbocycles. The maximum Gasteiger partial charge on any atom is 0.416 e. The van der Waals surface area contributed by atoms with E-state index in [9.17, 15) is 37.1 Å². The van der Waals surface area contributed by atoms with E-state index in [-0.39, 0.29) is 17.9 Å². The Labute approximate surface area is 225 Å². The fourth-order valence-corrected chi connectivity index (χ4v) is 5.57. The van der Waals surface area contributed by atoms with E-state index in [1.807, 2.05) is 0 Å². The van der Waals surface area contributed by atoms with Gasteiger partial charge in [0.25, 0.3) is 5.56 Å². The van der Waals surface area contributed by atoms with Crippen LogP contribution in [0.1, 0.15) is 46.8 Å². The minimum atomic E-state index is -4.89. The molecular weight excluding hydrogens is 536 g/mol. The molecule has 0 radical (unpaired) electrons. The van der Waals surface area contributed by atoms with Gasteiger partial charge in [-0.05, 0) is 43.6 Å². The van der Waals surface area contributed by atoms with E-state index in [4.69, 9.17) is 4.74 Å². The van der Waals surface area contributed by atoms with Crippen LogP contribution in [0.2, 0.25) is 0 Å². The zero-order chi connectivity index (χ0) is 28.7. The van der Waals surface area contributed by atoms with Crippen molar-refractivity contribution in [2.45, 2.75) is 50.4 Å². The molecule has 3 N–H and O–H groups in total. The van der Waals surface area contributed by atoms with Crippen molar-refractivity contribution in [3.63, 3.8) is 0 Å². The number of ether oxygens (including phenoxy) is 1. The summed E-state index contributed by atoms with van der Waals surface area (Å²) in [6.07, 6.45) is -5.55. The molecule has 5 rings (SSSR count). The molecule has 13 heteroatoms. The molecule has 2 aromatic carbocycles. The number of amides is 1. The summed E-state index contributed by atoms with van der Waals surface area (Å²) < 4.78 is 64.1. The third kappa shape index (κ3) is 5.02. The number of rotatable bonds is 6. The van der Waals surface area contributed by atoms with Gasteiger partial charge >= 0.3 is 18.0 Å². The first-order valence-corrected chi connectivity index (χ1v) is 12.6. The molecule has 1 spiro atoms. The number of benzene rings is 2. The Kier molecular flexibility index (Phi) is 7.27. The molecule has 2 aliphatic heterocycles. The Morgan fingerprint density at radius 2 is 1.77 bits per heavy atom.